The Bertz CT molecular complexity index is 733. The Morgan fingerprint density at radius 2 is 2.13 bits per heavy atom. The zero-order valence-electron chi connectivity index (χ0n) is 12.9. The normalized spacial score (nSPS) is 16.8. The molecule has 1 heterocycles. The molecule has 1 unspecified atom stereocenters. The summed E-state index contributed by atoms with van der Waals surface area (Å²) in [7, 11) is 0. The van der Waals surface area contributed by atoms with E-state index in [2.05, 4.69) is 5.32 Å². The molecule has 0 spiro atoms. The maximum absolute atomic E-state index is 13.3. The van der Waals surface area contributed by atoms with E-state index >= 15 is 0 Å². The molecule has 2 N–H and O–H groups in total. The Morgan fingerprint density at radius 3 is 2.87 bits per heavy atom. The van der Waals surface area contributed by atoms with Crippen molar-refractivity contribution < 1.29 is 14.3 Å². The van der Waals surface area contributed by atoms with E-state index in [9.17, 15) is 14.3 Å². The molecule has 120 valence electrons. The molecule has 4 nitrogen and oxygen atoms in total. The number of benzene rings is 2. The lowest BCUT2D eigenvalue weighted by atomic mass is 9.93. The van der Waals surface area contributed by atoms with E-state index < -0.39 is 0 Å². The number of aryl methyl sites for hydroxylation is 1. The van der Waals surface area contributed by atoms with Gasteiger partial charge in [-0.2, -0.15) is 0 Å². The second-order valence-corrected chi connectivity index (χ2v) is 5.73. The number of amides is 2. The van der Waals surface area contributed by atoms with E-state index in [-0.39, 0.29) is 24.5 Å². The van der Waals surface area contributed by atoms with Gasteiger partial charge in [0.05, 0.1) is 12.6 Å². The number of rotatable bonds is 2. The van der Waals surface area contributed by atoms with Crippen LogP contribution < -0.4 is 5.32 Å². The molecule has 2 aromatic rings. The number of nitrogens with one attached hydrogen (secondary N) is 1. The Balaban J connectivity index is 1.80. The average Bonchev–Trinajstić information content (AvgIpc) is 2.57. The number of urea groups is 1. The number of nitrogens with zero attached hydrogens (tertiary/aromatic N) is 1. The molecule has 1 atom stereocenters. The van der Waals surface area contributed by atoms with E-state index in [0.717, 1.165) is 17.5 Å². The summed E-state index contributed by atoms with van der Waals surface area (Å²) in [5, 5.41) is 12.5. The lowest BCUT2D eigenvalue weighted by molar-refractivity contribution is 0.135. The second kappa shape index (κ2) is 6.38. The molecule has 0 aliphatic carbocycles. The van der Waals surface area contributed by atoms with Gasteiger partial charge in [0, 0.05) is 12.2 Å². The van der Waals surface area contributed by atoms with Gasteiger partial charge in [0.15, 0.2) is 0 Å². The first-order valence-electron chi connectivity index (χ1n) is 7.62. The highest BCUT2D eigenvalue weighted by molar-refractivity contribution is 5.90. The fourth-order valence-corrected chi connectivity index (χ4v) is 3.01. The highest BCUT2D eigenvalue weighted by atomic mass is 19.1. The number of hydrogen-bond acceptors (Lipinski definition) is 2. The Kier molecular flexibility index (Phi) is 4.30. The molecule has 5 heteroatoms. The van der Waals surface area contributed by atoms with Crippen LogP contribution in [0.15, 0.2) is 42.5 Å². The Labute approximate surface area is 134 Å². The Hall–Kier alpha value is -2.40. The number of carbonyl (C=O) groups is 1. The lowest BCUT2D eigenvalue weighted by Gasteiger charge is -2.36. The van der Waals surface area contributed by atoms with Gasteiger partial charge in [0.25, 0.3) is 0 Å². The largest absolute Gasteiger partial charge is 0.394 e. The van der Waals surface area contributed by atoms with Gasteiger partial charge in [-0.15, -0.1) is 0 Å². The monoisotopic (exact) mass is 314 g/mol. The summed E-state index contributed by atoms with van der Waals surface area (Å²) in [6, 6.07) is 11.7. The first kappa shape index (κ1) is 15.5. The third-order valence-corrected chi connectivity index (χ3v) is 4.26. The standard InChI is InChI=1S/C18H19FN2O2/c1-12-10-14(6-7-16(12)19)20-18(23)21-9-8-13-4-2-3-5-15(13)17(21)11-22/h2-7,10,17,22H,8-9,11H2,1H3,(H,20,23). The number of anilines is 1. The molecule has 2 aromatic carbocycles. The van der Waals surface area contributed by atoms with Crippen LogP contribution in [0.3, 0.4) is 0 Å². The molecule has 0 saturated heterocycles. The second-order valence-electron chi connectivity index (χ2n) is 5.73. The van der Waals surface area contributed by atoms with Crippen LogP contribution in [-0.2, 0) is 6.42 Å². The SMILES string of the molecule is Cc1cc(NC(=O)N2CCc3ccccc3C2CO)ccc1F. The van der Waals surface area contributed by atoms with Crippen LogP contribution in [0.2, 0.25) is 0 Å². The molecule has 0 radical (unpaired) electrons. The minimum atomic E-state index is -0.360. The maximum Gasteiger partial charge on any atom is 0.322 e. The van der Waals surface area contributed by atoms with Gasteiger partial charge in [-0.3, -0.25) is 0 Å². The van der Waals surface area contributed by atoms with Crippen molar-refractivity contribution in [2.75, 3.05) is 18.5 Å². The molecule has 0 bridgehead atoms. The molecule has 0 aromatic heterocycles. The van der Waals surface area contributed by atoms with Crippen molar-refractivity contribution in [1.29, 1.82) is 0 Å². The molecule has 23 heavy (non-hydrogen) atoms. The van der Waals surface area contributed by atoms with Crippen molar-refractivity contribution >= 4 is 11.7 Å². The summed E-state index contributed by atoms with van der Waals surface area (Å²) < 4.78 is 13.3. The van der Waals surface area contributed by atoms with Crippen LogP contribution in [-0.4, -0.2) is 29.2 Å². The molecule has 1 aliphatic heterocycles. The zero-order chi connectivity index (χ0) is 16.4. The van der Waals surface area contributed by atoms with E-state index in [0.29, 0.717) is 17.8 Å². The van der Waals surface area contributed by atoms with Crippen molar-refractivity contribution in [3.8, 4) is 0 Å². The van der Waals surface area contributed by atoms with Crippen molar-refractivity contribution in [3.05, 3.63) is 65.0 Å². The first-order chi connectivity index (χ1) is 11.1. The van der Waals surface area contributed by atoms with Crippen LogP contribution in [0.4, 0.5) is 14.9 Å². The summed E-state index contributed by atoms with van der Waals surface area (Å²) in [5.74, 6) is -0.303. The average molecular weight is 314 g/mol. The number of hydrogen-bond donors (Lipinski definition) is 2. The van der Waals surface area contributed by atoms with Crippen LogP contribution in [0.1, 0.15) is 22.7 Å². The van der Waals surface area contributed by atoms with Crippen molar-refractivity contribution in [2.24, 2.45) is 0 Å². The highest BCUT2D eigenvalue weighted by Gasteiger charge is 2.30. The summed E-state index contributed by atoms with van der Waals surface area (Å²) >= 11 is 0. The molecule has 0 saturated carbocycles. The van der Waals surface area contributed by atoms with Crippen LogP contribution in [0.5, 0.6) is 0 Å². The molecular formula is C18H19FN2O2. The van der Waals surface area contributed by atoms with Crippen LogP contribution >= 0.6 is 0 Å². The van der Waals surface area contributed by atoms with Crippen molar-refractivity contribution in [1.82, 2.24) is 4.90 Å². The van der Waals surface area contributed by atoms with Crippen LogP contribution in [0.25, 0.3) is 0 Å². The van der Waals surface area contributed by atoms with Crippen molar-refractivity contribution in [2.45, 2.75) is 19.4 Å². The first-order valence-corrected chi connectivity index (χ1v) is 7.62. The summed E-state index contributed by atoms with van der Waals surface area (Å²) in [4.78, 5) is 14.2. The third kappa shape index (κ3) is 3.05. The topological polar surface area (TPSA) is 52.6 Å². The zero-order valence-corrected chi connectivity index (χ0v) is 12.9. The fourth-order valence-electron chi connectivity index (χ4n) is 3.01. The van der Waals surface area contributed by atoms with Gasteiger partial charge in [-0.05, 0) is 48.2 Å². The maximum atomic E-state index is 13.3. The predicted molar refractivity (Wildman–Crippen MR) is 86.8 cm³/mol. The van der Waals surface area contributed by atoms with Gasteiger partial charge in [-0.25, -0.2) is 9.18 Å². The minimum Gasteiger partial charge on any atom is -0.394 e. The molecule has 2 amide bonds. The third-order valence-electron chi connectivity index (χ3n) is 4.26. The van der Waals surface area contributed by atoms with Gasteiger partial charge in [0.1, 0.15) is 5.82 Å². The summed E-state index contributed by atoms with van der Waals surface area (Å²) in [6.07, 6.45) is 0.753. The number of halogens is 1. The van der Waals surface area contributed by atoms with E-state index in [1.165, 1.54) is 12.1 Å². The van der Waals surface area contributed by atoms with E-state index in [1.807, 2.05) is 24.3 Å². The smallest absolute Gasteiger partial charge is 0.322 e. The van der Waals surface area contributed by atoms with Gasteiger partial charge in [-0.1, -0.05) is 24.3 Å². The fraction of sp³-hybridized carbons (Fsp3) is 0.278. The predicted octanol–water partition coefficient (Wildman–Crippen LogP) is 3.26. The van der Waals surface area contributed by atoms with E-state index in [4.69, 9.17) is 0 Å². The van der Waals surface area contributed by atoms with Gasteiger partial charge in [0.2, 0.25) is 0 Å². The molecular weight excluding hydrogens is 295 g/mol. The van der Waals surface area contributed by atoms with E-state index in [1.54, 1.807) is 17.9 Å². The summed E-state index contributed by atoms with van der Waals surface area (Å²) in [5.41, 5.74) is 3.16. The quantitative estimate of drug-likeness (QED) is 0.894. The Morgan fingerprint density at radius 1 is 1.35 bits per heavy atom. The number of fused-ring (bicyclic) bond motifs is 1. The minimum absolute atomic E-state index is 0.132. The van der Waals surface area contributed by atoms with Crippen molar-refractivity contribution in [3.63, 3.8) is 0 Å². The molecule has 1 aliphatic rings. The molecule has 3 rings (SSSR count). The highest BCUT2D eigenvalue weighted by Crippen LogP contribution is 2.29. The number of carbonyl (C=O) groups excluding carboxylic acids is 1. The number of aliphatic hydroxyl groups is 1. The van der Waals surface area contributed by atoms with Gasteiger partial charge >= 0.3 is 6.03 Å². The lowest BCUT2D eigenvalue weighted by Crippen LogP contribution is -2.43. The molecule has 0 fully saturated rings. The van der Waals surface area contributed by atoms with Gasteiger partial charge < -0.3 is 15.3 Å². The summed E-state index contributed by atoms with van der Waals surface area (Å²) in [6.45, 7) is 2.06. The van der Waals surface area contributed by atoms with Crippen LogP contribution in [0, 0.1) is 12.7 Å². The number of aliphatic hydroxyl groups excluding tert-OH is 1.